The molecule has 2 rings (SSSR count). The molecule has 90 valence electrons. The zero-order valence-corrected chi connectivity index (χ0v) is 9.74. The van der Waals surface area contributed by atoms with Crippen molar-refractivity contribution in [2.24, 2.45) is 5.73 Å². The van der Waals surface area contributed by atoms with Crippen LogP contribution in [0.5, 0.6) is 0 Å². The highest BCUT2D eigenvalue weighted by molar-refractivity contribution is 5.06. The van der Waals surface area contributed by atoms with Crippen molar-refractivity contribution in [2.45, 2.75) is 44.1 Å². The zero-order valence-electron chi connectivity index (χ0n) is 9.74. The van der Waals surface area contributed by atoms with Crippen LogP contribution in [-0.2, 0) is 16.7 Å². The smallest absolute Gasteiger partial charge is 0.226 e. The topological polar surface area (TPSA) is 74.2 Å². The molecule has 0 unspecified atom stereocenters. The molecule has 5 heteroatoms. The molecule has 2 N–H and O–H groups in total. The van der Waals surface area contributed by atoms with Gasteiger partial charge in [0, 0.05) is 20.1 Å². The van der Waals surface area contributed by atoms with Crippen LogP contribution in [0, 0.1) is 0 Å². The summed E-state index contributed by atoms with van der Waals surface area (Å²) in [6, 6.07) is 0. The predicted octanol–water partition coefficient (Wildman–Crippen LogP) is 1.38. The summed E-state index contributed by atoms with van der Waals surface area (Å²) in [6.45, 7) is 0.714. The van der Waals surface area contributed by atoms with Crippen LogP contribution in [-0.4, -0.2) is 23.9 Å². The van der Waals surface area contributed by atoms with Crippen LogP contribution in [0.2, 0.25) is 0 Å². The number of nitrogens with zero attached hydrogens (tertiary/aromatic N) is 2. The van der Waals surface area contributed by atoms with E-state index >= 15 is 0 Å². The summed E-state index contributed by atoms with van der Waals surface area (Å²) >= 11 is 0. The zero-order chi connectivity index (χ0) is 11.4. The predicted molar refractivity (Wildman–Crippen MR) is 58.8 cm³/mol. The first-order valence-electron chi connectivity index (χ1n) is 5.85. The molecule has 16 heavy (non-hydrogen) atoms. The second kappa shape index (κ2) is 4.93. The number of aryl methyl sites for hydroxylation is 1. The monoisotopic (exact) mass is 225 g/mol. The number of hydrogen-bond donors (Lipinski definition) is 1. The molecule has 1 aliphatic rings. The highest BCUT2D eigenvalue weighted by atomic mass is 16.5. The molecule has 1 fully saturated rings. The average molecular weight is 225 g/mol. The molecule has 0 spiro atoms. The summed E-state index contributed by atoms with van der Waals surface area (Å²) < 4.78 is 10.2. The van der Waals surface area contributed by atoms with Crippen LogP contribution in [0.15, 0.2) is 4.52 Å². The third-order valence-electron chi connectivity index (χ3n) is 3.15. The van der Waals surface area contributed by atoms with E-state index in [9.17, 15) is 0 Å². The Morgan fingerprint density at radius 1 is 1.44 bits per heavy atom. The van der Waals surface area contributed by atoms with Crippen LogP contribution in [0.25, 0.3) is 0 Å². The lowest BCUT2D eigenvalue weighted by molar-refractivity contribution is 0.192. The minimum Gasteiger partial charge on any atom is -0.385 e. The maximum Gasteiger partial charge on any atom is 0.226 e. The highest BCUT2D eigenvalue weighted by Crippen LogP contribution is 2.34. The minimum absolute atomic E-state index is 0.344. The lowest BCUT2D eigenvalue weighted by atomic mass is 9.99. The van der Waals surface area contributed by atoms with E-state index in [1.54, 1.807) is 7.11 Å². The molecule has 0 saturated heterocycles. The molecular weight excluding hydrogens is 206 g/mol. The van der Waals surface area contributed by atoms with Gasteiger partial charge < -0.3 is 15.0 Å². The van der Waals surface area contributed by atoms with Gasteiger partial charge in [-0.15, -0.1) is 0 Å². The van der Waals surface area contributed by atoms with Crippen LogP contribution in [0.3, 0.4) is 0 Å². The van der Waals surface area contributed by atoms with E-state index in [4.69, 9.17) is 15.0 Å². The Labute approximate surface area is 95.3 Å². The first-order valence-corrected chi connectivity index (χ1v) is 5.85. The molecule has 0 radical (unpaired) electrons. The van der Waals surface area contributed by atoms with Crippen LogP contribution in [0.4, 0.5) is 0 Å². The first-order chi connectivity index (χ1) is 7.74. The molecule has 1 aliphatic carbocycles. The largest absolute Gasteiger partial charge is 0.385 e. The molecule has 0 bridgehead atoms. The van der Waals surface area contributed by atoms with E-state index in [1.165, 1.54) is 0 Å². The second-order valence-electron chi connectivity index (χ2n) is 4.47. The Morgan fingerprint density at radius 3 is 2.88 bits per heavy atom. The second-order valence-corrected chi connectivity index (χ2v) is 4.47. The van der Waals surface area contributed by atoms with E-state index < -0.39 is 0 Å². The van der Waals surface area contributed by atoms with Crippen LogP contribution >= 0.6 is 0 Å². The van der Waals surface area contributed by atoms with E-state index in [0.29, 0.717) is 18.3 Å². The highest BCUT2D eigenvalue weighted by Gasteiger charge is 2.35. The molecule has 0 amide bonds. The number of rotatable bonds is 5. The van der Waals surface area contributed by atoms with E-state index in [-0.39, 0.29) is 5.54 Å². The quantitative estimate of drug-likeness (QED) is 0.766. The molecule has 1 heterocycles. The van der Waals surface area contributed by atoms with Gasteiger partial charge in [-0.2, -0.15) is 4.98 Å². The van der Waals surface area contributed by atoms with Crippen molar-refractivity contribution in [3.63, 3.8) is 0 Å². The number of nitrogens with two attached hydrogens (primary N) is 1. The molecule has 5 nitrogen and oxygen atoms in total. The summed E-state index contributed by atoms with van der Waals surface area (Å²) in [7, 11) is 1.69. The summed E-state index contributed by atoms with van der Waals surface area (Å²) in [5, 5.41) is 4.00. The van der Waals surface area contributed by atoms with Crippen molar-refractivity contribution in [2.75, 3.05) is 13.7 Å². The first kappa shape index (κ1) is 11.5. The minimum atomic E-state index is -0.344. The van der Waals surface area contributed by atoms with Crippen LogP contribution in [0.1, 0.15) is 43.8 Å². The molecule has 1 aromatic rings. The van der Waals surface area contributed by atoms with Gasteiger partial charge in [0.05, 0.1) is 5.54 Å². The van der Waals surface area contributed by atoms with Gasteiger partial charge in [-0.1, -0.05) is 18.0 Å². The fourth-order valence-electron chi connectivity index (χ4n) is 2.16. The van der Waals surface area contributed by atoms with Crippen molar-refractivity contribution in [3.05, 3.63) is 11.7 Å². The molecule has 0 atom stereocenters. The summed E-state index contributed by atoms with van der Waals surface area (Å²) in [6.07, 6.45) is 5.90. The van der Waals surface area contributed by atoms with Crippen molar-refractivity contribution >= 4 is 0 Å². The Balaban J connectivity index is 1.96. The van der Waals surface area contributed by atoms with E-state index in [1.807, 2.05) is 0 Å². The number of hydrogen-bond acceptors (Lipinski definition) is 5. The van der Waals surface area contributed by atoms with Gasteiger partial charge in [-0.05, 0) is 19.3 Å². The van der Waals surface area contributed by atoms with Gasteiger partial charge in [0.2, 0.25) is 5.89 Å². The van der Waals surface area contributed by atoms with Gasteiger partial charge in [-0.25, -0.2) is 0 Å². The molecule has 1 saturated carbocycles. The number of methoxy groups -OCH3 is 1. The lowest BCUT2D eigenvalue weighted by Gasteiger charge is -2.17. The number of aromatic nitrogens is 2. The van der Waals surface area contributed by atoms with E-state index in [2.05, 4.69) is 10.1 Å². The SMILES string of the molecule is COCCCc1nc(C2(N)CCCC2)no1. The van der Waals surface area contributed by atoms with Gasteiger partial charge in [0.25, 0.3) is 0 Å². The third kappa shape index (κ3) is 2.41. The fourth-order valence-corrected chi connectivity index (χ4v) is 2.16. The molecular formula is C11H19N3O2. The van der Waals surface area contributed by atoms with Crippen molar-refractivity contribution < 1.29 is 9.26 Å². The average Bonchev–Trinajstić information content (AvgIpc) is 2.88. The molecule has 1 aromatic heterocycles. The van der Waals surface area contributed by atoms with Crippen molar-refractivity contribution in [1.82, 2.24) is 10.1 Å². The van der Waals surface area contributed by atoms with Gasteiger partial charge in [0.15, 0.2) is 5.82 Å². The van der Waals surface area contributed by atoms with Crippen LogP contribution < -0.4 is 5.73 Å². The summed E-state index contributed by atoms with van der Waals surface area (Å²) in [4.78, 5) is 4.38. The van der Waals surface area contributed by atoms with Gasteiger partial charge >= 0.3 is 0 Å². The summed E-state index contributed by atoms with van der Waals surface area (Å²) in [5.41, 5.74) is 5.89. The number of ether oxygens (including phenoxy) is 1. The Bertz CT molecular complexity index is 332. The Morgan fingerprint density at radius 2 is 2.19 bits per heavy atom. The maximum atomic E-state index is 6.24. The lowest BCUT2D eigenvalue weighted by Crippen LogP contribution is -2.34. The Hall–Kier alpha value is -0.940. The van der Waals surface area contributed by atoms with Gasteiger partial charge in [-0.3, -0.25) is 0 Å². The molecule has 0 aromatic carbocycles. The Kier molecular flexibility index (Phi) is 3.56. The van der Waals surface area contributed by atoms with Gasteiger partial charge in [0.1, 0.15) is 0 Å². The fraction of sp³-hybridized carbons (Fsp3) is 0.818. The third-order valence-corrected chi connectivity index (χ3v) is 3.15. The molecule has 0 aliphatic heterocycles. The normalized spacial score (nSPS) is 19.1. The standard InChI is InChI=1S/C11H19N3O2/c1-15-8-4-5-9-13-10(14-16-9)11(12)6-2-3-7-11/h2-8,12H2,1H3. The van der Waals surface area contributed by atoms with E-state index in [0.717, 1.165) is 38.5 Å². The van der Waals surface area contributed by atoms with Crippen molar-refractivity contribution in [1.29, 1.82) is 0 Å². The maximum absolute atomic E-state index is 6.24. The summed E-state index contributed by atoms with van der Waals surface area (Å²) in [5.74, 6) is 1.35. The van der Waals surface area contributed by atoms with Crippen molar-refractivity contribution in [3.8, 4) is 0 Å².